The van der Waals surface area contributed by atoms with Crippen LogP contribution in [0.4, 0.5) is 0 Å². The van der Waals surface area contributed by atoms with Gasteiger partial charge >= 0.3 is 44.4 Å². The standard InChI is InChI=1S/BO3.Cu.Pb/c2-1(3)4;;/q-3;+1;+2. The van der Waals surface area contributed by atoms with E-state index in [4.69, 9.17) is 15.1 Å². The van der Waals surface area contributed by atoms with Gasteiger partial charge in [0.2, 0.25) is 0 Å². The molecule has 0 amide bonds. The zero-order valence-electron chi connectivity index (χ0n) is 2.60. The predicted molar refractivity (Wildman–Crippen MR) is 11.5 cm³/mol. The average Bonchev–Trinajstić information content (AvgIpc) is 0.811. The van der Waals surface area contributed by atoms with Gasteiger partial charge in [0.15, 0.2) is 0 Å². The summed E-state index contributed by atoms with van der Waals surface area (Å²) >= 11 is 0. The first kappa shape index (κ1) is 15.7. The Morgan fingerprint density at radius 3 is 1.00 bits per heavy atom. The van der Waals surface area contributed by atoms with Crippen LogP contribution in [0.15, 0.2) is 0 Å². The van der Waals surface area contributed by atoms with Gasteiger partial charge < -0.3 is 15.1 Å². The largest absolute Gasteiger partial charge is 2.00 e. The molecule has 0 saturated carbocycles. The monoisotopic (exact) mass is 330 g/mol. The summed E-state index contributed by atoms with van der Waals surface area (Å²) in [6.45, 7) is 0. The minimum absolute atomic E-state index is 0. The Morgan fingerprint density at radius 2 is 1.00 bits per heavy atom. The van der Waals surface area contributed by atoms with Crippen molar-refractivity contribution in [2.45, 2.75) is 0 Å². The summed E-state index contributed by atoms with van der Waals surface area (Å²) in [5.74, 6) is 0. The van der Waals surface area contributed by atoms with E-state index in [0.717, 1.165) is 0 Å². The van der Waals surface area contributed by atoms with Gasteiger partial charge in [-0.2, -0.15) is 0 Å². The maximum absolute atomic E-state index is 8.42. The van der Waals surface area contributed by atoms with Crippen LogP contribution in [0.5, 0.6) is 0 Å². The molecule has 0 aromatic heterocycles. The molecule has 0 aliphatic heterocycles. The van der Waals surface area contributed by atoms with Gasteiger partial charge in [0.25, 0.3) is 0 Å². The molecule has 0 atom stereocenters. The summed E-state index contributed by atoms with van der Waals surface area (Å²) in [6, 6.07) is 0. The van der Waals surface area contributed by atoms with E-state index >= 15 is 0 Å². The summed E-state index contributed by atoms with van der Waals surface area (Å²) in [7, 11) is -2.92. The van der Waals surface area contributed by atoms with E-state index in [1.54, 1.807) is 0 Å². The van der Waals surface area contributed by atoms with Crippen molar-refractivity contribution in [1.82, 2.24) is 0 Å². The van der Waals surface area contributed by atoms with Crippen LogP contribution in [0, 0.1) is 0 Å². The fourth-order valence-electron chi connectivity index (χ4n) is 0. The first-order valence-corrected chi connectivity index (χ1v) is 0.707. The first-order valence-electron chi connectivity index (χ1n) is 0.707. The number of rotatable bonds is 0. The summed E-state index contributed by atoms with van der Waals surface area (Å²) in [5, 5.41) is 25.2. The summed E-state index contributed by atoms with van der Waals surface area (Å²) < 4.78 is 0. The Bertz CT molecular complexity index is 15.5. The fraction of sp³-hybridized carbons (Fsp3) is 0. The van der Waals surface area contributed by atoms with E-state index < -0.39 is 7.32 Å². The molecular formula is BCuO3Pb. The Morgan fingerprint density at radius 1 is 1.00 bits per heavy atom. The molecule has 0 fully saturated rings. The molecule has 0 bridgehead atoms. The second kappa shape index (κ2) is 9.63. The van der Waals surface area contributed by atoms with Gasteiger partial charge in [0, 0.05) is 0 Å². The molecule has 3 nitrogen and oxygen atoms in total. The van der Waals surface area contributed by atoms with Crippen LogP contribution in [0.2, 0.25) is 0 Å². The number of hydrogen-bond acceptors (Lipinski definition) is 3. The molecule has 0 spiro atoms. The normalized spacial score (nSPS) is 4.50. The van der Waals surface area contributed by atoms with E-state index in [2.05, 4.69) is 0 Å². The van der Waals surface area contributed by atoms with Gasteiger partial charge in [-0.15, -0.1) is 0 Å². The van der Waals surface area contributed by atoms with E-state index in [-0.39, 0.29) is 44.4 Å². The maximum Gasteiger partial charge on any atom is 2.00 e. The van der Waals surface area contributed by atoms with Crippen LogP contribution in [0.25, 0.3) is 0 Å². The van der Waals surface area contributed by atoms with E-state index in [1.807, 2.05) is 0 Å². The first-order chi connectivity index (χ1) is 1.73. The van der Waals surface area contributed by atoms with Crippen molar-refractivity contribution in [1.29, 1.82) is 0 Å². The SMILES string of the molecule is [Cu+].[O-]B([O-])[O-].[Pb+2]. The third kappa shape index (κ3) is 53.9. The van der Waals surface area contributed by atoms with Gasteiger partial charge in [-0.05, 0) is 0 Å². The summed E-state index contributed by atoms with van der Waals surface area (Å²) in [5.41, 5.74) is 0. The van der Waals surface area contributed by atoms with Crippen LogP contribution < -0.4 is 15.1 Å². The zero-order chi connectivity index (χ0) is 3.58. The van der Waals surface area contributed by atoms with Crippen molar-refractivity contribution >= 4 is 34.6 Å². The third-order valence-electron chi connectivity index (χ3n) is 0. The Labute approximate surface area is 66.6 Å². The number of hydrogen-bond donors (Lipinski definition) is 0. The Hall–Kier alpha value is 1.39. The Kier molecular flexibility index (Phi) is 25.1. The third-order valence-corrected chi connectivity index (χ3v) is 0. The van der Waals surface area contributed by atoms with Gasteiger partial charge in [-0.3, -0.25) is 7.32 Å². The van der Waals surface area contributed by atoms with Crippen molar-refractivity contribution in [2.75, 3.05) is 0 Å². The molecule has 0 aromatic rings. The molecule has 0 aliphatic rings. The van der Waals surface area contributed by atoms with Crippen molar-refractivity contribution in [3.63, 3.8) is 0 Å². The molecule has 0 N–H and O–H groups in total. The zero-order valence-corrected chi connectivity index (χ0v) is 7.43. The molecule has 0 unspecified atom stereocenters. The van der Waals surface area contributed by atoms with Crippen molar-refractivity contribution in [3.05, 3.63) is 0 Å². The maximum atomic E-state index is 8.42. The summed E-state index contributed by atoms with van der Waals surface area (Å²) in [4.78, 5) is 0. The smallest absolute Gasteiger partial charge is 0.907 e. The molecule has 0 saturated heterocycles. The molecule has 0 heterocycles. The van der Waals surface area contributed by atoms with Crippen molar-refractivity contribution in [3.8, 4) is 0 Å². The van der Waals surface area contributed by atoms with Gasteiger partial charge in [-0.25, -0.2) is 0 Å². The average molecular weight is 330 g/mol. The quantitative estimate of drug-likeness (QED) is 0.422. The molecule has 2 radical (unpaired) electrons. The molecule has 0 rings (SSSR count). The second-order valence-electron chi connectivity index (χ2n) is 0.289. The minimum atomic E-state index is -2.92. The molecule has 6 heteroatoms. The van der Waals surface area contributed by atoms with Crippen LogP contribution in [0.3, 0.4) is 0 Å². The van der Waals surface area contributed by atoms with Crippen LogP contribution >= 0.6 is 0 Å². The minimum Gasteiger partial charge on any atom is -0.907 e. The molecule has 6 heavy (non-hydrogen) atoms. The van der Waals surface area contributed by atoms with Gasteiger partial charge in [0.05, 0.1) is 0 Å². The van der Waals surface area contributed by atoms with E-state index in [1.165, 1.54) is 0 Å². The molecular weight excluding hydrogens is 330 g/mol. The summed E-state index contributed by atoms with van der Waals surface area (Å²) in [6.07, 6.45) is 0. The van der Waals surface area contributed by atoms with Crippen LogP contribution in [-0.4, -0.2) is 34.6 Å². The van der Waals surface area contributed by atoms with Crippen LogP contribution in [0.1, 0.15) is 0 Å². The van der Waals surface area contributed by atoms with Gasteiger partial charge in [-0.1, -0.05) is 0 Å². The molecule has 36 valence electrons. The van der Waals surface area contributed by atoms with E-state index in [9.17, 15) is 0 Å². The van der Waals surface area contributed by atoms with Gasteiger partial charge in [0.1, 0.15) is 0 Å². The fourth-order valence-corrected chi connectivity index (χ4v) is 0. The molecule has 0 aliphatic carbocycles. The van der Waals surface area contributed by atoms with Crippen LogP contribution in [-0.2, 0) is 17.1 Å². The Balaban J connectivity index is -0.0000000450. The second-order valence-corrected chi connectivity index (χ2v) is 0.289. The van der Waals surface area contributed by atoms with Crippen molar-refractivity contribution < 1.29 is 32.1 Å². The topological polar surface area (TPSA) is 69.2 Å². The van der Waals surface area contributed by atoms with E-state index in [0.29, 0.717) is 0 Å². The van der Waals surface area contributed by atoms with Crippen molar-refractivity contribution in [2.24, 2.45) is 0 Å². The molecule has 0 aromatic carbocycles. The predicted octanol–water partition coefficient (Wildman–Crippen LogP) is -4.33.